The second kappa shape index (κ2) is 5.83. The van der Waals surface area contributed by atoms with Crippen LogP contribution in [0.25, 0.3) is 0 Å². The zero-order chi connectivity index (χ0) is 14.8. The summed E-state index contributed by atoms with van der Waals surface area (Å²) in [6.07, 6.45) is -3.64. The first kappa shape index (κ1) is 14.8. The summed E-state index contributed by atoms with van der Waals surface area (Å²) in [5.41, 5.74) is 0.698. The molecule has 2 atom stereocenters. The fraction of sp³-hybridized carbons (Fsp3) is 0.500. The summed E-state index contributed by atoms with van der Waals surface area (Å²) in [6.45, 7) is 2.80. The van der Waals surface area contributed by atoms with Gasteiger partial charge in [-0.25, -0.2) is 0 Å². The maximum absolute atomic E-state index is 12.1. The van der Waals surface area contributed by atoms with Crippen LogP contribution in [0.15, 0.2) is 24.3 Å². The third kappa shape index (κ3) is 3.96. The Labute approximate surface area is 115 Å². The van der Waals surface area contributed by atoms with Crippen LogP contribution in [0.1, 0.15) is 18.9 Å². The molecule has 0 aliphatic carbocycles. The van der Waals surface area contributed by atoms with Gasteiger partial charge < -0.3 is 10.1 Å². The predicted octanol–water partition coefficient (Wildman–Crippen LogP) is 2.69. The van der Waals surface area contributed by atoms with Crippen molar-refractivity contribution in [1.82, 2.24) is 5.32 Å². The van der Waals surface area contributed by atoms with Crippen molar-refractivity contribution in [3.05, 3.63) is 29.8 Å². The van der Waals surface area contributed by atoms with E-state index in [1.54, 1.807) is 0 Å². The molecule has 20 heavy (non-hydrogen) atoms. The zero-order valence-electron chi connectivity index (χ0n) is 11.0. The van der Waals surface area contributed by atoms with E-state index >= 15 is 0 Å². The highest BCUT2D eigenvalue weighted by Gasteiger charge is 2.31. The average molecular weight is 287 g/mol. The van der Waals surface area contributed by atoms with Gasteiger partial charge >= 0.3 is 6.36 Å². The van der Waals surface area contributed by atoms with Crippen LogP contribution in [0.2, 0.25) is 0 Å². The lowest BCUT2D eigenvalue weighted by atomic mass is 9.92. The topological polar surface area (TPSA) is 38.3 Å². The Morgan fingerprint density at radius 3 is 2.50 bits per heavy atom. The molecule has 110 valence electrons. The number of benzene rings is 1. The van der Waals surface area contributed by atoms with Gasteiger partial charge in [-0.05, 0) is 37.6 Å². The number of carbonyl (C=O) groups is 1. The van der Waals surface area contributed by atoms with Crippen molar-refractivity contribution in [1.29, 1.82) is 0 Å². The van der Waals surface area contributed by atoms with Crippen molar-refractivity contribution in [2.24, 2.45) is 5.92 Å². The largest absolute Gasteiger partial charge is 0.573 e. The minimum absolute atomic E-state index is 0.0129. The third-order valence-corrected chi connectivity index (χ3v) is 3.47. The molecule has 1 aliphatic heterocycles. The lowest BCUT2D eigenvalue weighted by Gasteiger charge is -2.14. The van der Waals surface area contributed by atoms with E-state index < -0.39 is 6.36 Å². The van der Waals surface area contributed by atoms with Crippen molar-refractivity contribution in [3.8, 4) is 5.75 Å². The van der Waals surface area contributed by atoms with Crippen molar-refractivity contribution >= 4 is 5.78 Å². The number of nitrogens with one attached hydrogen (secondary N) is 1. The zero-order valence-corrected chi connectivity index (χ0v) is 11.0. The summed E-state index contributed by atoms with van der Waals surface area (Å²) < 4.78 is 39.8. The van der Waals surface area contributed by atoms with Crippen LogP contribution in [0, 0.1) is 5.92 Å². The van der Waals surface area contributed by atoms with E-state index in [1.165, 1.54) is 24.3 Å². The molecule has 0 spiro atoms. The standard InChI is InChI=1S/C14H16F3NO2/c1-9-12(6-7-18-9)13(19)8-10-2-4-11(5-3-10)20-14(15,16)17/h2-5,9,12,18H,6-8H2,1H3. The maximum atomic E-state index is 12.1. The molecule has 2 unspecified atom stereocenters. The normalized spacial score (nSPS) is 22.8. The lowest BCUT2D eigenvalue weighted by molar-refractivity contribution is -0.274. The van der Waals surface area contributed by atoms with Gasteiger partial charge in [0.25, 0.3) is 0 Å². The van der Waals surface area contributed by atoms with Gasteiger partial charge in [0.15, 0.2) is 0 Å². The van der Waals surface area contributed by atoms with E-state index in [9.17, 15) is 18.0 Å². The summed E-state index contributed by atoms with van der Waals surface area (Å²) in [6, 6.07) is 5.60. The average Bonchev–Trinajstić information content (AvgIpc) is 2.76. The fourth-order valence-corrected chi connectivity index (χ4v) is 2.44. The van der Waals surface area contributed by atoms with Crippen molar-refractivity contribution in [2.75, 3.05) is 6.54 Å². The molecular weight excluding hydrogens is 271 g/mol. The van der Waals surface area contributed by atoms with E-state index in [-0.39, 0.29) is 29.9 Å². The van der Waals surface area contributed by atoms with Crippen LogP contribution >= 0.6 is 0 Å². The SMILES string of the molecule is CC1NCCC1C(=O)Cc1ccc(OC(F)(F)F)cc1. The highest BCUT2D eigenvalue weighted by molar-refractivity contribution is 5.84. The third-order valence-electron chi connectivity index (χ3n) is 3.47. The van der Waals surface area contributed by atoms with Gasteiger partial charge in [0, 0.05) is 18.4 Å². The van der Waals surface area contributed by atoms with E-state index in [1.807, 2.05) is 6.92 Å². The van der Waals surface area contributed by atoms with Gasteiger partial charge in [-0.1, -0.05) is 12.1 Å². The molecule has 1 aromatic rings. The summed E-state index contributed by atoms with van der Waals surface area (Å²) in [5.74, 6) is -0.169. The number of alkyl halides is 3. The molecule has 1 aliphatic rings. The first-order valence-electron chi connectivity index (χ1n) is 6.46. The number of Topliss-reactive ketones (excluding diaryl/α,β-unsaturated/α-hetero) is 1. The summed E-state index contributed by atoms with van der Waals surface area (Å²) in [7, 11) is 0. The van der Waals surface area contributed by atoms with Gasteiger partial charge in [-0.15, -0.1) is 13.2 Å². The molecule has 1 aromatic carbocycles. The first-order valence-corrected chi connectivity index (χ1v) is 6.46. The van der Waals surface area contributed by atoms with Crippen molar-refractivity contribution < 1.29 is 22.7 Å². The number of hydrogen-bond acceptors (Lipinski definition) is 3. The molecule has 0 radical (unpaired) electrons. The molecule has 1 heterocycles. The lowest BCUT2D eigenvalue weighted by Crippen LogP contribution is -2.29. The smallest absolute Gasteiger partial charge is 0.406 e. The van der Waals surface area contributed by atoms with Crippen LogP contribution < -0.4 is 10.1 Å². The Hall–Kier alpha value is -1.56. The van der Waals surface area contributed by atoms with E-state index in [0.717, 1.165) is 13.0 Å². The number of hydrogen-bond donors (Lipinski definition) is 1. The van der Waals surface area contributed by atoms with Crippen LogP contribution in [0.4, 0.5) is 13.2 Å². The number of rotatable bonds is 4. The Morgan fingerprint density at radius 2 is 2.00 bits per heavy atom. The summed E-state index contributed by atoms with van der Waals surface area (Å²) in [5, 5.41) is 3.21. The van der Waals surface area contributed by atoms with Gasteiger partial charge in [0.2, 0.25) is 0 Å². The monoisotopic (exact) mass is 287 g/mol. The van der Waals surface area contributed by atoms with Crippen LogP contribution in [-0.2, 0) is 11.2 Å². The van der Waals surface area contributed by atoms with Crippen LogP contribution in [0.3, 0.4) is 0 Å². The molecule has 2 rings (SSSR count). The molecule has 0 amide bonds. The molecule has 0 saturated carbocycles. The molecular formula is C14H16F3NO2. The molecule has 1 fully saturated rings. The molecule has 6 heteroatoms. The van der Waals surface area contributed by atoms with Crippen LogP contribution in [0.5, 0.6) is 5.75 Å². The number of halogens is 3. The molecule has 1 saturated heterocycles. The van der Waals surface area contributed by atoms with Gasteiger partial charge in [-0.2, -0.15) is 0 Å². The Kier molecular flexibility index (Phi) is 4.32. The van der Waals surface area contributed by atoms with E-state index in [4.69, 9.17) is 0 Å². The quantitative estimate of drug-likeness (QED) is 0.925. The highest BCUT2D eigenvalue weighted by atomic mass is 19.4. The molecule has 0 aromatic heterocycles. The van der Waals surface area contributed by atoms with Gasteiger partial charge in [0.05, 0.1) is 0 Å². The summed E-state index contributed by atoms with van der Waals surface area (Å²) in [4.78, 5) is 12.1. The Balaban J connectivity index is 1.95. The molecule has 0 bridgehead atoms. The van der Waals surface area contributed by atoms with Crippen molar-refractivity contribution in [3.63, 3.8) is 0 Å². The minimum Gasteiger partial charge on any atom is -0.406 e. The Bertz CT molecular complexity index is 470. The maximum Gasteiger partial charge on any atom is 0.573 e. The van der Waals surface area contributed by atoms with Crippen LogP contribution in [-0.4, -0.2) is 24.7 Å². The van der Waals surface area contributed by atoms with Gasteiger partial charge in [-0.3, -0.25) is 4.79 Å². The predicted molar refractivity (Wildman–Crippen MR) is 67.4 cm³/mol. The number of carbonyl (C=O) groups excluding carboxylic acids is 1. The minimum atomic E-state index is -4.69. The summed E-state index contributed by atoms with van der Waals surface area (Å²) >= 11 is 0. The number of ether oxygens (including phenoxy) is 1. The van der Waals surface area contributed by atoms with Crippen molar-refractivity contribution in [2.45, 2.75) is 32.2 Å². The fourth-order valence-electron chi connectivity index (χ4n) is 2.44. The molecule has 1 N–H and O–H groups in total. The second-order valence-electron chi connectivity index (χ2n) is 4.97. The van der Waals surface area contributed by atoms with E-state index in [2.05, 4.69) is 10.1 Å². The second-order valence-corrected chi connectivity index (χ2v) is 4.97. The highest BCUT2D eigenvalue weighted by Crippen LogP contribution is 2.24. The molecule has 3 nitrogen and oxygen atoms in total. The Morgan fingerprint density at radius 1 is 1.35 bits per heavy atom. The number of ketones is 1. The first-order chi connectivity index (χ1) is 9.35. The van der Waals surface area contributed by atoms with Gasteiger partial charge in [0.1, 0.15) is 11.5 Å². The van der Waals surface area contributed by atoms with E-state index in [0.29, 0.717) is 5.56 Å².